The summed E-state index contributed by atoms with van der Waals surface area (Å²) in [5.74, 6) is -2.17. The number of carboxylic acid groups (broad SMARTS) is 1. The number of hydrogen-bond acceptors (Lipinski definition) is 6. The summed E-state index contributed by atoms with van der Waals surface area (Å²) in [6.45, 7) is 2.23. The molecule has 0 spiro atoms. The van der Waals surface area contributed by atoms with Crippen LogP contribution in [0.5, 0.6) is 5.75 Å². The first kappa shape index (κ1) is 28.0. The zero-order valence-corrected chi connectivity index (χ0v) is 20.9. The van der Waals surface area contributed by atoms with Crippen molar-refractivity contribution in [3.8, 4) is 5.75 Å². The number of fused-ring (bicyclic) bond motifs is 2. The smallest absolute Gasteiger partial charge is 0.481 e. The Kier molecular flexibility index (Phi) is 6.70. The standard InChI is InChI=1S/C24H19F6N3O5S/c1-22(2,21(34)35)14-4-9-17-18(11-14)33(12-13-3-10-19(23(25,26)27)32-20(13)31-17)39(36,37)16-7-5-15(6-8-16)38-24(28,29)30/h3-11H,12H2,1-2H3,(H,31,32)(H,34,35). The van der Waals surface area contributed by atoms with Crippen LogP contribution in [0.25, 0.3) is 0 Å². The third-order valence-electron chi connectivity index (χ3n) is 6.00. The van der Waals surface area contributed by atoms with Gasteiger partial charge in [-0.3, -0.25) is 9.10 Å². The number of nitrogens with one attached hydrogen (secondary N) is 1. The fourth-order valence-electron chi connectivity index (χ4n) is 3.76. The van der Waals surface area contributed by atoms with Gasteiger partial charge in [-0.05, 0) is 61.9 Å². The van der Waals surface area contributed by atoms with E-state index in [-0.39, 0.29) is 28.3 Å². The molecule has 4 rings (SSSR count). The zero-order valence-electron chi connectivity index (χ0n) is 20.1. The third kappa shape index (κ3) is 5.57. The minimum atomic E-state index is -5.00. The lowest BCUT2D eigenvalue weighted by Crippen LogP contribution is -2.32. The highest BCUT2D eigenvalue weighted by Crippen LogP contribution is 2.42. The first-order valence-corrected chi connectivity index (χ1v) is 12.4. The van der Waals surface area contributed by atoms with Crippen LogP contribution in [-0.4, -0.2) is 30.8 Å². The molecule has 1 aliphatic heterocycles. The number of aliphatic carboxylic acids is 1. The van der Waals surface area contributed by atoms with E-state index in [1.165, 1.54) is 32.0 Å². The number of alkyl halides is 6. The number of hydrogen-bond donors (Lipinski definition) is 2. The van der Waals surface area contributed by atoms with Gasteiger partial charge in [0, 0.05) is 5.56 Å². The normalized spacial score (nSPS) is 14.1. The van der Waals surface area contributed by atoms with Crippen LogP contribution >= 0.6 is 0 Å². The summed E-state index contributed by atoms with van der Waals surface area (Å²) in [5.41, 5.74) is -2.58. The fourth-order valence-corrected chi connectivity index (χ4v) is 5.21. The Morgan fingerprint density at radius 1 is 1.00 bits per heavy atom. The molecule has 2 aromatic carbocycles. The number of ether oxygens (including phenoxy) is 1. The van der Waals surface area contributed by atoms with E-state index in [2.05, 4.69) is 15.0 Å². The molecule has 0 bridgehead atoms. The van der Waals surface area contributed by atoms with Crippen molar-refractivity contribution >= 4 is 33.2 Å². The second-order valence-corrected chi connectivity index (χ2v) is 10.9. The molecule has 39 heavy (non-hydrogen) atoms. The van der Waals surface area contributed by atoms with Gasteiger partial charge in [-0.25, -0.2) is 13.4 Å². The molecular formula is C24H19F6N3O5S. The Labute approximate surface area is 217 Å². The summed E-state index contributed by atoms with van der Waals surface area (Å²) < 4.78 is 110. The summed E-state index contributed by atoms with van der Waals surface area (Å²) in [6, 6.07) is 9.06. The molecular weight excluding hydrogens is 556 g/mol. The van der Waals surface area contributed by atoms with Crippen molar-refractivity contribution in [2.75, 3.05) is 9.62 Å². The SMILES string of the molecule is CC(C)(C(=O)O)c1ccc2c(c1)N(S(=O)(=O)c1ccc(OC(F)(F)F)cc1)Cc1ccc(C(F)(F)F)nc1N2. The summed E-state index contributed by atoms with van der Waals surface area (Å²) in [7, 11) is -4.56. The van der Waals surface area contributed by atoms with Crippen LogP contribution in [0.2, 0.25) is 0 Å². The predicted molar refractivity (Wildman–Crippen MR) is 126 cm³/mol. The van der Waals surface area contributed by atoms with Crippen LogP contribution in [0.3, 0.4) is 0 Å². The van der Waals surface area contributed by atoms with E-state index in [0.717, 1.165) is 34.6 Å². The average molecular weight is 575 g/mol. The van der Waals surface area contributed by atoms with Gasteiger partial charge < -0.3 is 15.2 Å². The van der Waals surface area contributed by atoms with Gasteiger partial charge in [0.05, 0.1) is 28.2 Å². The topological polar surface area (TPSA) is 109 Å². The van der Waals surface area contributed by atoms with Gasteiger partial charge in [0.1, 0.15) is 17.3 Å². The molecule has 0 fully saturated rings. The number of anilines is 3. The van der Waals surface area contributed by atoms with Gasteiger partial charge in [-0.2, -0.15) is 13.2 Å². The summed E-state index contributed by atoms with van der Waals surface area (Å²) in [4.78, 5) is 15.0. The van der Waals surface area contributed by atoms with Gasteiger partial charge in [0.25, 0.3) is 10.0 Å². The Morgan fingerprint density at radius 3 is 2.21 bits per heavy atom. The summed E-state index contributed by atoms with van der Waals surface area (Å²) in [6.07, 6.45) is -9.79. The van der Waals surface area contributed by atoms with E-state index in [1.54, 1.807) is 0 Å². The molecule has 0 unspecified atom stereocenters. The van der Waals surface area contributed by atoms with Gasteiger partial charge in [0.2, 0.25) is 0 Å². The number of carboxylic acids is 1. The molecule has 3 aromatic rings. The fraction of sp³-hybridized carbons (Fsp3) is 0.250. The van der Waals surface area contributed by atoms with E-state index in [1.807, 2.05) is 0 Å². The van der Waals surface area contributed by atoms with Crippen LogP contribution in [0.4, 0.5) is 43.5 Å². The molecule has 8 nitrogen and oxygen atoms in total. The molecule has 1 aliphatic rings. The second-order valence-electron chi connectivity index (χ2n) is 9.02. The number of nitrogens with zero attached hydrogens (tertiary/aromatic N) is 2. The maximum Gasteiger partial charge on any atom is 0.573 e. The van der Waals surface area contributed by atoms with E-state index >= 15 is 0 Å². The Hall–Kier alpha value is -4.01. The summed E-state index contributed by atoms with van der Waals surface area (Å²) in [5, 5.41) is 12.4. The van der Waals surface area contributed by atoms with Crippen molar-refractivity contribution in [2.45, 2.75) is 43.2 Å². The first-order chi connectivity index (χ1) is 17.9. The molecule has 0 saturated carbocycles. The average Bonchev–Trinajstić information content (AvgIpc) is 2.98. The van der Waals surface area contributed by atoms with Crippen LogP contribution in [0.15, 0.2) is 59.5 Å². The number of carbonyl (C=O) groups is 1. The number of halogens is 6. The molecule has 2 heterocycles. The van der Waals surface area contributed by atoms with E-state index in [9.17, 15) is 44.7 Å². The van der Waals surface area contributed by atoms with Crippen LogP contribution < -0.4 is 14.4 Å². The summed E-state index contributed by atoms with van der Waals surface area (Å²) >= 11 is 0. The Morgan fingerprint density at radius 2 is 1.64 bits per heavy atom. The Balaban J connectivity index is 1.88. The van der Waals surface area contributed by atoms with Crippen molar-refractivity contribution in [1.82, 2.24) is 4.98 Å². The van der Waals surface area contributed by atoms with E-state index < -0.39 is 56.8 Å². The van der Waals surface area contributed by atoms with Crippen LogP contribution in [0, 0.1) is 0 Å². The van der Waals surface area contributed by atoms with Crippen LogP contribution in [0.1, 0.15) is 30.7 Å². The van der Waals surface area contributed by atoms with Crippen molar-refractivity contribution < 1.29 is 49.4 Å². The maximum absolute atomic E-state index is 13.7. The number of aromatic nitrogens is 1. The minimum absolute atomic E-state index is 0.00566. The van der Waals surface area contributed by atoms with Gasteiger partial charge in [0.15, 0.2) is 0 Å². The molecule has 1 aromatic heterocycles. The maximum atomic E-state index is 13.7. The minimum Gasteiger partial charge on any atom is -0.481 e. The lowest BCUT2D eigenvalue weighted by Gasteiger charge is -2.27. The van der Waals surface area contributed by atoms with Crippen molar-refractivity contribution in [2.24, 2.45) is 0 Å². The van der Waals surface area contributed by atoms with Crippen molar-refractivity contribution in [3.63, 3.8) is 0 Å². The highest BCUT2D eigenvalue weighted by Gasteiger charge is 2.37. The number of rotatable bonds is 5. The van der Waals surface area contributed by atoms with Gasteiger partial charge >= 0.3 is 18.5 Å². The molecule has 0 atom stereocenters. The van der Waals surface area contributed by atoms with Crippen molar-refractivity contribution in [1.29, 1.82) is 0 Å². The molecule has 208 valence electrons. The Bertz CT molecular complexity index is 1540. The largest absolute Gasteiger partial charge is 0.573 e. The van der Waals surface area contributed by atoms with E-state index in [4.69, 9.17) is 0 Å². The first-order valence-electron chi connectivity index (χ1n) is 11.0. The monoisotopic (exact) mass is 575 g/mol. The number of pyridine rings is 1. The van der Waals surface area contributed by atoms with Gasteiger partial charge in [-0.1, -0.05) is 12.1 Å². The molecule has 0 aliphatic carbocycles. The molecule has 0 amide bonds. The molecule has 0 saturated heterocycles. The van der Waals surface area contributed by atoms with E-state index in [0.29, 0.717) is 6.07 Å². The lowest BCUT2D eigenvalue weighted by atomic mass is 9.84. The predicted octanol–water partition coefficient (Wildman–Crippen LogP) is 5.81. The molecule has 0 radical (unpaired) electrons. The third-order valence-corrected chi connectivity index (χ3v) is 7.78. The number of sulfonamides is 1. The highest BCUT2D eigenvalue weighted by molar-refractivity contribution is 7.92. The lowest BCUT2D eigenvalue weighted by molar-refractivity contribution is -0.274. The quantitative estimate of drug-likeness (QED) is 0.370. The second kappa shape index (κ2) is 9.32. The van der Waals surface area contributed by atoms with Crippen LogP contribution in [-0.2, 0) is 33.0 Å². The highest BCUT2D eigenvalue weighted by atomic mass is 32.2. The number of benzene rings is 2. The van der Waals surface area contributed by atoms with Crippen molar-refractivity contribution in [3.05, 3.63) is 71.4 Å². The van der Waals surface area contributed by atoms with Gasteiger partial charge in [-0.15, -0.1) is 13.2 Å². The zero-order chi connectivity index (χ0) is 29.0. The molecule has 2 N–H and O–H groups in total. The molecule has 15 heteroatoms.